The first kappa shape index (κ1) is 10.4. The van der Waals surface area contributed by atoms with Gasteiger partial charge in [0.05, 0.1) is 11.6 Å². The molecule has 2 aromatic rings. The van der Waals surface area contributed by atoms with E-state index >= 15 is 0 Å². The standard InChI is InChI=1S/C12H12ClNO/c1-2-11(15)9-7-8-5-3-4-6-10(8)14-12(9)13/h3-7,11,15H,2H2,1H3. The Balaban J connectivity index is 2.61. The summed E-state index contributed by atoms with van der Waals surface area (Å²) in [6, 6.07) is 9.63. The fraction of sp³-hybridized carbons (Fsp3) is 0.250. The second kappa shape index (κ2) is 4.17. The third kappa shape index (κ3) is 1.96. The first-order chi connectivity index (χ1) is 7.22. The molecule has 1 unspecified atom stereocenters. The summed E-state index contributed by atoms with van der Waals surface area (Å²) in [5.41, 5.74) is 1.56. The van der Waals surface area contributed by atoms with Crippen LogP contribution < -0.4 is 0 Å². The van der Waals surface area contributed by atoms with Crippen molar-refractivity contribution in [3.8, 4) is 0 Å². The predicted octanol–water partition coefficient (Wildman–Crippen LogP) is 3.33. The molecule has 3 heteroatoms. The van der Waals surface area contributed by atoms with Crippen LogP contribution in [-0.4, -0.2) is 10.1 Å². The molecular formula is C12H12ClNO. The molecule has 1 heterocycles. The number of hydrogen-bond donors (Lipinski definition) is 1. The highest BCUT2D eigenvalue weighted by Gasteiger charge is 2.11. The maximum atomic E-state index is 9.75. The van der Waals surface area contributed by atoms with Crippen LogP contribution in [0.3, 0.4) is 0 Å². The van der Waals surface area contributed by atoms with Gasteiger partial charge in [0.1, 0.15) is 5.15 Å². The number of hydrogen-bond acceptors (Lipinski definition) is 2. The number of benzene rings is 1. The van der Waals surface area contributed by atoms with Crippen molar-refractivity contribution < 1.29 is 5.11 Å². The number of aliphatic hydroxyl groups is 1. The van der Waals surface area contributed by atoms with Gasteiger partial charge in [0.2, 0.25) is 0 Å². The van der Waals surface area contributed by atoms with Crippen molar-refractivity contribution in [1.29, 1.82) is 0 Å². The summed E-state index contributed by atoms with van der Waals surface area (Å²) < 4.78 is 0. The van der Waals surface area contributed by atoms with Crippen LogP contribution in [0, 0.1) is 0 Å². The molecule has 2 rings (SSSR count). The van der Waals surface area contributed by atoms with Crippen molar-refractivity contribution in [3.63, 3.8) is 0 Å². The van der Waals surface area contributed by atoms with E-state index in [-0.39, 0.29) is 0 Å². The molecule has 0 aliphatic carbocycles. The van der Waals surface area contributed by atoms with Gasteiger partial charge in [-0.2, -0.15) is 0 Å². The van der Waals surface area contributed by atoms with Gasteiger partial charge in [-0.05, 0) is 18.6 Å². The van der Waals surface area contributed by atoms with E-state index in [4.69, 9.17) is 11.6 Å². The van der Waals surface area contributed by atoms with Crippen LogP contribution in [0.15, 0.2) is 30.3 Å². The zero-order valence-electron chi connectivity index (χ0n) is 8.44. The minimum atomic E-state index is -0.533. The van der Waals surface area contributed by atoms with E-state index in [1.165, 1.54) is 0 Å². The minimum absolute atomic E-state index is 0.392. The van der Waals surface area contributed by atoms with Crippen molar-refractivity contribution in [2.24, 2.45) is 0 Å². The number of para-hydroxylation sites is 1. The number of aromatic nitrogens is 1. The van der Waals surface area contributed by atoms with Crippen molar-refractivity contribution in [2.75, 3.05) is 0 Å². The highest BCUT2D eigenvalue weighted by Crippen LogP contribution is 2.27. The number of aliphatic hydroxyl groups excluding tert-OH is 1. The smallest absolute Gasteiger partial charge is 0.135 e. The summed E-state index contributed by atoms with van der Waals surface area (Å²) in [4.78, 5) is 4.25. The third-order valence-corrected chi connectivity index (χ3v) is 2.75. The van der Waals surface area contributed by atoms with E-state index in [1.807, 2.05) is 37.3 Å². The van der Waals surface area contributed by atoms with Crippen molar-refractivity contribution in [1.82, 2.24) is 4.98 Å². The molecule has 0 aliphatic heterocycles. The maximum Gasteiger partial charge on any atom is 0.135 e. The molecule has 0 aliphatic rings. The lowest BCUT2D eigenvalue weighted by Gasteiger charge is -2.10. The van der Waals surface area contributed by atoms with Gasteiger partial charge >= 0.3 is 0 Å². The van der Waals surface area contributed by atoms with Crippen LogP contribution in [0.2, 0.25) is 5.15 Å². The van der Waals surface area contributed by atoms with Gasteiger partial charge in [0, 0.05) is 10.9 Å². The molecule has 0 saturated heterocycles. The van der Waals surface area contributed by atoms with Crippen molar-refractivity contribution in [3.05, 3.63) is 41.0 Å². The summed E-state index contributed by atoms with van der Waals surface area (Å²) in [5, 5.41) is 11.1. The molecule has 2 nitrogen and oxygen atoms in total. The van der Waals surface area contributed by atoms with Crippen LogP contribution in [0.25, 0.3) is 10.9 Å². The molecule has 0 amide bonds. The van der Waals surface area contributed by atoms with Crippen molar-refractivity contribution in [2.45, 2.75) is 19.4 Å². The maximum absolute atomic E-state index is 9.75. The highest BCUT2D eigenvalue weighted by atomic mass is 35.5. The Morgan fingerprint density at radius 2 is 2.13 bits per heavy atom. The number of pyridine rings is 1. The molecule has 0 spiro atoms. The van der Waals surface area contributed by atoms with Gasteiger partial charge in [-0.15, -0.1) is 0 Å². The van der Waals surface area contributed by atoms with E-state index in [1.54, 1.807) is 0 Å². The number of fused-ring (bicyclic) bond motifs is 1. The third-order valence-electron chi connectivity index (χ3n) is 2.45. The second-order valence-electron chi connectivity index (χ2n) is 3.49. The average Bonchev–Trinajstić information content (AvgIpc) is 2.27. The quantitative estimate of drug-likeness (QED) is 0.790. The van der Waals surface area contributed by atoms with Gasteiger partial charge < -0.3 is 5.11 Å². The molecule has 0 saturated carbocycles. The zero-order chi connectivity index (χ0) is 10.8. The van der Waals surface area contributed by atoms with Gasteiger partial charge in [0.25, 0.3) is 0 Å². The van der Waals surface area contributed by atoms with Crippen LogP contribution in [0.5, 0.6) is 0 Å². The number of halogens is 1. The average molecular weight is 222 g/mol. The summed E-state index contributed by atoms with van der Waals surface area (Å²) in [6.45, 7) is 1.91. The molecular weight excluding hydrogens is 210 g/mol. The van der Waals surface area contributed by atoms with Crippen LogP contribution in [-0.2, 0) is 0 Å². The highest BCUT2D eigenvalue weighted by molar-refractivity contribution is 6.30. The predicted molar refractivity (Wildman–Crippen MR) is 62.0 cm³/mol. The normalized spacial score (nSPS) is 13.0. The fourth-order valence-corrected chi connectivity index (χ4v) is 1.83. The van der Waals surface area contributed by atoms with Gasteiger partial charge in [0.15, 0.2) is 0 Å². The van der Waals surface area contributed by atoms with Crippen LogP contribution >= 0.6 is 11.6 Å². The molecule has 78 valence electrons. The summed E-state index contributed by atoms with van der Waals surface area (Å²) >= 11 is 6.01. The Morgan fingerprint density at radius 3 is 2.87 bits per heavy atom. The van der Waals surface area contributed by atoms with Crippen molar-refractivity contribution >= 4 is 22.5 Å². The lowest BCUT2D eigenvalue weighted by atomic mass is 10.1. The number of nitrogens with zero attached hydrogens (tertiary/aromatic N) is 1. The second-order valence-corrected chi connectivity index (χ2v) is 3.84. The fourth-order valence-electron chi connectivity index (χ4n) is 1.56. The van der Waals surface area contributed by atoms with Gasteiger partial charge in [-0.3, -0.25) is 0 Å². The van der Waals surface area contributed by atoms with Crippen LogP contribution in [0.1, 0.15) is 25.0 Å². The summed E-state index contributed by atoms with van der Waals surface area (Å²) in [5.74, 6) is 0. The topological polar surface area (TPSA) is 33.1 Å². The Morgan fingerprint density at radius 1 is 1.40 bits per heavy atom. The zero-order valence-corrected chi connectivity index (χ0v) is 9.20. The lowest BCUT2D eigenvalue weighted by molar-refractivity contribution is 0.173. The monoisotopic (exact) mass is 221 g/mol. The molecule has 1 aromatic carbocycles. The summed E-state index contributed by atoms with van der Waals surface area (Å²) in [6.07, 6.45) is 0.106. The SMILES string of the molecule is CCC(O)c1cc2ccccc2nc1Cl. The van der Waals surface area contributed by atoms with E-state index in [0.717, 1.165) is 10.9 Å². The molecule has 1 aromatic heterocycles. The van der Waals surface area contributed by atoms with Gasteiger partial charge in [-0.25, -0.2) is 4.98 Å². The molecule has 0 radical (unpaired) electrons. The van der Waals surface area contributed by atoms with E-state index in [2.05, 4.69) is 4.98 Å². The summed E-state index contributed by atoms with van der Waals surface area (Å²) in [7, 11) is 0. The Bertz CT molecular complexity index is 484. The Kier molecular flexibility index (Phi) is 2.89. The molecule has 0 fully saturated rings. The molecule has 1 N–H and O–H groups in total. The van der Waals surface area contributed by atoms with E-state index in [9.17, 15) is 5.11 Å². The minimum Gasteiger partial charge on any atom is -0.388 e. The van der Waals surface area contributed by atoms with Gasteiger partial charge in [-0.1, -0.05) is 36.7 Å². The Labute approximate surface area is 93.5 Å². The molecule has 1 atom stereocenters. The first-order valence-corrected chi connectivity index (χ1v) is 5.33. The molecule has 15 heavy (non-hydrogen) atoms. The molecule has 0 bridgehead atoms. The lowest BCUT2D eigenvalue weighted by Crippen LogP contribution is -1.98. The van der Waals surface area contributed by atoms with Crippen LogP contribution in [0.4, 0.5) is 0 Å². The first-order valence-electron chi connectivity index (χ1n) is 4.95. The number of rotatable bonds is 2. The largest absolute Gasteiger partial charge is 0.388 e. The van der Waals surface area contributed by atoms with E-state index < -0.39 is 6.10 Å². The van der Waals surface area contributed by atoms with E-state index in [0.29, 0.717) is 17.1 Å². The Hall–Kier alpha value is -1.12.